The normalized spacial score (nSPS) is 36.0. The van der Waals surface area contributed by atoms with Crippen LogP contribution >= 0.6 is 0 Å². The highest BCUT2D eigenvalue weighted by Crippen LogP contribution is 2.17. The molecule has 0 aliphatic carbocycles. The van der Waals surface area contributed by atoms with E-state index in [1.54, 1.807) is 0 Å². The van der Waals surface area contributed by atoms with E-state index in [2.05, 4.69) is 0 Å². The van der Waals surface area contributed by atoms with E-state index in [0.717, 1.165) is 0 Å². The van der Waals surface area contributed by atoms with E-state index < -0.39 is 62.2 Å². The minimum Gasteiger partial charge on any atom is -0.394 e. The van der Waals surface area contributed by atoms with Gasteiger partial charge in [0.2, 0.25) is 0 Å². The van der Waals surface area contributed by atoms with Gasteiger partial charge in [-0.05, 0) is 0 Å². The highest BCUT2D eigenvalue weighted by Gasteiger charge is 2.39. The molecular weight excluding hydrogens is 292 g/mol. The van der Waals surface area contributed by atoms with Crippen molar-refractivity contribution in [2.75, 3.05) is 19.8 Å². The summed E-state index contributed by atoms with van der Waals surface area (Å²) in [5.74, 6) is 0. The van der Waals surface area contributed by atoms with Crippen LogP contribution in [0, 0.1) is 0 Å². The Morgan fingerprint density at radius 2 is 1.52 bits per heavy atom. The van der Waals surface area contributed by atoms with E-state index in [4.69, 9.17) is 19.7 Å². The molecule has 0 unspecified atom stereocenters. The first-order valence-corrected chi connectivity index (χ1v) is 6.40. The first-order valence-electron chi connectivity index (χ1n) is 6.40. The Balaban J connectivity index is 2.43. The molecule has 0 aromatic carbocycles. The van der Waals surface area contributed by atoms with Crippen molar-refractivity contribution in [3.05, 3.63) is 0 Å². The maximum Gasteiger partial charge on any atom is 0.186 e. The summed E-state index contributed by atoms with van der Waals surface area (Å²) < 4.78 is 9.86. The SMILES string of the molecule is OC[C@@H](O)[C@@H](O)[C@H](O)[C@H](O)CO[C@@H]1OC[C@@H](O)[C@H](O)[C@H]1O. The van der Waals surface area contributed by atoms with Crippen molar-refractivity contribution in [1.82, 2.24) is 0 Å². The summed E-state index contributed by atoms with van der Waals surface area (Å²) in [6.07, 6.45) is -12.5. The largest absolute Gasteiger partial charge is 0.394 e. The Kier molecular flexibility index (Phi) is 7.36. The Labute approximate surface area is 120 Å². The fraction of sp³-hybridized carbons (Fsp3) is 1.00. The van der Waals surface area contributed by atoms with Crippen molar-refractivity contribution in [3.63, 3.8) is 0 Å². The van der Waals surface area contributed by atoms with Crippen LogP contribution in [0.4, 0.5) is 0 Å². The Morgan fingerprint density at radius 3 is 2.10 bits per heavy atom. The Morgan fingerprint density at radius 1 is 0.952 bits per heavy atom. The molecule has 0 saturated carbocycles. The second kappa shape index (κ2) is 8.29. The Hall–Kier alpha value is -0.400. The van der Waals surface area contributed by atoms with Crippen LogP contribution < -0.4 is 0 Å². The zero-order valence-electron chi connectivity index (χ0n) is 11.1. The maximum atomic E-state index is 9.59. The van der Waals surface area contributed by atoms with Gasteiger partial charge < -0.3 is 50.3 Å². The van der Waals surface area contributed by atoms with Gasteiger partial charge >= 0.3 is 0 Å². The van der Waals surface area contributed by atoms with E-state index in [-0.39, 0.29) is 6.61 Å². The molecular formula is C11H22O10. The van der Waals surface area contributed by atoms with E-state index in [1.165, 1.54) is 0 Å². The van der Waals surface area contributed by atoms with Gasteiger partial charge in [-0.1, -0.05) is 0 Å². The first-order chi connectivity index (χ1) is 9.79. The number of ether oxygens (including phenoxy) is 2. The topological polar surface area (TPSA) is 180 Å². The van der Waals surface area contributed by atoms with Gasteiger partial charge in [0.25, 0.3) is 0 Å². The molecule has 1 aliphatic rings. The molecule has 10 heteroatoms. The molecule has 0 amide bonds. The number of hydrogen-bond donors (Lipinski definition) is 8. The van der Waals surface area contributed by atoms with Crippen LogP contribution in [0.2, 0.25) is 0 Å². The summed E-state index contributed by atoms with van der Waals surface area (Å²) in [6.45, 7) is -1.67. The maximum absolute atomic E-state index is 9.59. The average Bonchev–Trinajstić information content (AvgIpc) is 2.49. The molecule has 8 N–H and O–H groups in total. The van der Waals surface area contributed by atoms with Crippen LogP contribution in [-0.4, -0.2) is 110 Å². The molecule has 0 spiro atoms. The highest BCUT2D eigenvalue weighted by atomic mass is 16.7. The number of hydrogen-bond acceptors (Lipinski definition) is 10. The van der Waals surface area contributed by atoms with Crippen LogP contribution in [0.25, 0.3) is 0 Å². The molecule has 1 saturated heterocycles. The molecule has 0 radical (unpaired) electrons. The molecule has 126 valence electrons. The standard InChI is InChI=1S/C11H22O10/c12-1-4(13)7(16)8(17)5(14)2-20-11-10(19)9(18)6(15)3-21-11/h4-19H,1-3H2/t4-,5-,6-,7-,8-,9+,10-,11-/m1/s1. The van der Waals surface area contributed by atoms with Crippen LogP contribution in [0.1, 0.15) is 0 Å². The smallest absolute Gasteiger partial charge is 0.186 e. The lowest BCUT2D eigenvalue weighted by atomic mass is 10.0. The van der Waals surface area contributed by atoms with Crippen molar-refractivity contribution in [1.29, 1.82) is 0 Å². The summed E-state index contributed by atoms with van der Waals surface area (Å²) in [7, 11) is 0. The van der Waals surface area contributed by atoms with E-state index in [0.29, 0.717) is 0 Å². The molecule has 1 rings (SSSR count). The van der Waals surface area contributed by atoms with E-state index in [1.807, 2.05) is 0 Å². The zero-order valence-corrected chi connectivity index (χ0v) is 11.1. The molecule has 1 fully saturated rings. The van der Waals surface area contributed by atoms with Gasteiger partial charge in [-0.15, -0.1) is 0 Å². The van der Waals surface area contributed by atoms with Gasteiger partial charge in [0, 0.05) is 0 Å². The molecule has 21 heavy (non-hydrogen) atoms. The van der Waals surface area contributed by atoms with Crippen molar-refractivity contribution in [2.45, 2.75) is 49.0 Å². The summed E-state index contributed by atoms with van der Waals surface area (Å²) in [6, 6.07) is 0. The lowest BCUT2D eigenvalue weighted by molar-refractivity contribution is -0.278. The third-order valence-corrected chi connectivity index (χ3v) is 3.21. The van der Waals surface area contributed by atoms with Crippen molar-refractivity contribution in [2.24, 2.45) is 0 Å². The predicted octanol–water partition coefficient (Wildman–Crippen LogP) is -5.12. The minimum atomic E-state index is -1.80. The average molecular weight is 314 g/mol. The van der Waals surface area contributed by atoms with Crippen LogP contribution in [0.15, 0.2) is 0 Å². The second-order valence-corrected chi connectivity index (χ2v) is 4.88. The van der Waals surface area contributed by atoms with Gasteiger partial charge in [-0.3, -0.25) is 0 Å². The molecule has 8 atom stereocenters. The molecule has 0 aromatic heterocycles. The zero-order chi connectivity index (χ0) is 16.2. The number of aliphatic hydroxyl groups excluding tert-OH is 8. The Bertz CT molecular complexity index is 303. The van der Waals surface area contributed by atoms with Crippen LogP contribution in [-0.2, 0) is 9.47 Å². The third-order valence-electron chi connectivity index (χ3n) is 3.21. The summed E-state index contributed by atoms with van der Waals surface area (Å²) >= 11 is 0. The number of rotatable bonds is 7. The van der Waals surface area contributed by atoms with Gasteiger partial charge in [0.15, 0.2) is 6.29 Å². The quantitative estimate of drug-likeness (QED) is 0.226. The van der Waals surface area contributed by atoms with Crippen molar-refractivity contribution >= 4 is 0 Å². The van der Waals surface area contributed by atoms with Gasteiger partial charge in [-0.2, -0.15) is 0 Å². The van der Waals surface area contributed by atoms with E-state index in [9.17, 15) is 30.6 Å². The van der Waals surface area contributed by atoms with Crippen LogP contribution in [0.5, 0.6) is 0 Å². The lowest BCUT2D eigenvalue weighted by Gasteiger charge is -2.35. The predicted molar refractivity (Wildman–Crippen MR) is 64.8 cm³/mol. The van der Waals surface area contributed by atoms with Crippen molar-refractivity contribution < 1.29 is 50.3 Å². The number of aliphatic hydroxyl groups is 8. The lowest BCUT2D eigenvalue weighted by Crippen LogP contribution is -2.55. The monoisotopic (exact) mass is 314 g/mol. The first kappa shape index (κ1) is 18.6. The third kappa shape index (κ3) is 4.79. The van der Waals surface area contributed by atoms with E-state index >= 15 is 0 Å². The summed E-state index contributed by atoms with van der Waals surface area (Å²) in [5, 5.41) is 74.5. The van der Waals surface area contributed by atoms with Gasteiger partial charge in [0.1, 0.15) is 42.7 Å². The van der Waals surface area contributed by atoms with Gasteiger partial charge in [0.05, 0.1) is 19.8 Å². The molecule has 10 nitrogen and oxygen atoms in total. The minimum absolute atomic E-state index is 0.284. The van der Waals surface area contributed by atoms with Crippen LogP contribution in [0.3, 0.4) is 0 Å². The molecule has 0 bridgehead atoms. The van der Waals surface area contributed by atoms with Gasteiger partial charge in [-0.25, -0.2) is 0 Å². The highest BCUT2D eigenvalue weighted by molar-refractivity contribution is 4.84. The fourth-order valence-electron chi connectivity index (χ4n) is 1.78. The molecule has 0 aromatic rings. The molecule has 1 aliphatic heterocycles. The fourth-order valence-corrected chi connectivity index (χ4v) is 1.78. The van der Waals surface area contributed by atoms with Crippen molar-refractivity contribution in [3.8, 4) is 0 Å². The molecule has 1 heterocycles. The summed E-state index contributed by atoms with van der Waals surface area (Å²) in [5.41, 5.74) is 0. The summed E-state index contributed by atoms with van der Waals surface area (Å²) in [4.78, 5) is 0. The second-order valence-electron chi connectivity index (χ2n) is 4.88.